The molecule has 1 saturated carbocycles. The van der Waals surface area contributed by atoms with Crippen molar-refractivity contribution in [3.05, 3.63) is 34.1 Å². The number of hydrogen-bond acceptors (Lipinski definition) is 1. The second kappa shape index (κ2) is 4.62. The van der Waals surface area contributed by atoms with Crippen LogP contribution in [-0.4, -0.2) is 0 Å². The normalized spacial score (nSPS) is 18.6. The maximum Gasteiger partial charge on any atom is 0.137 e. The maximum absolute atomic E-state index is 13.0. The molecular weight excluding hydrogens is 257 g/mol. The summed E-state index contributed by atoms with van der Waals surface area (Å²) in [6, 6.07) is 5.09. The first kappa shape index (κ1) is 11.1. The molecule has 0 amide bonds. The van der Waals surface area contributed by atoms with Crippen molar-refractivity contribution in [2.24, 2.45) is 11.7 Å². The Morgan fingerprint density at radius 3 is 2.73 bits per heavy atom. The van der Waals surface area contributed by atoms with Crippen molar-refractivity contribution in [2.45, 2.75) is 31.7 Å². The van der Waals surface area contributed by atoms with Crippen LogP contribution in [0.25, 0.3) is 0 Å². The maximum atomic E-state index is 13.0. The lowest BCUT2D eigenvalue weighted by Gasteiger charge is -2.28. The van der Waals surface area contributed by atoms with Crippen LogP contribution in [0.15, 0.2) is 22.7 Å². The summed E-state index contributed by atoms with van der Waals surface area (Å²) in [5.74, 6) is 0.554. The number of benzene rings is 1. The molecule has 82 valence electrons. The van der Waals surface area contributed by atoms with Gasteiger partial charge in [-0.2, -0.15) is 0 Å². The molecule has 1 atom stereocenters. The van der Waals surface area contributed by atoms with Gasteiger partial charge in [-0.25, -0.2) is 4.39 Å². The molecule has 1 aromatic carbocycles. The van der Waals surface area contributed by atoms with Gasteiger partial charge in [0.15, 0.2) is 0 Å². The van der Waals surface area contributed by atoms with E-state index in [1.165, 1.54) is 25.3 Å². The topological polar surface area (TPSA) is 26.0 Å². The molecule has 0 spiro atoms. The summed E-state index contributed by atoms with van der Waals surface area (Å²) in [4.78, 5) is 0. The summed E-state index contributed by atoms with van der Waals surface area (Å²) in [5.41, 5.74) is 7.10. The molecular formula is C12H15BrFN. The molecule has 1 fully saturated rings. The van der Waals surface area contributed by atoms with Gasteiger partial charge in [0.05, 0.1) is 4.47 Å². The molecule has 0 heterocycles. The van der Waals surface area contributed by atoms with Crippen LogP contribution in [0.5, 0.6) is 0 Å². The van der Waals surface area contributed by atoms with Crippen molar-refractivity contribution in [1.29, 1.82) is 0 Å². The molecule has 0 saturated heterocycles. The fourth-order valence-electron chi connectivity index (χ4n) is 1.97. The lowest BCUT2D eigenvalue weighted by molar-refractivity contribution is 0.277. The van der Waals surface area contributed by atoms with E-state index in [4.69, 9.17) is 5.73 Å². The van der Waals surface area contributed by atoms with E-state index in [1.807, 2.05) is 0 Å². The van der Waals surface area contributed by atoms with Crippen LogP contribution < -0.4 is 5.73 Å². The number of halogens is 2. The highest BCUT2D eigenvalue weighted by atomic mass is 79.9. The highest BCUT2D eigenvalue weighted by Gasteiger charge is 2.21. The van der Waals surface area contributed by atoms with Crippen molar-refractivity contribution in [3.63, 3.8) is 0 Å². The molecule has 1 aliphatic rings. The second-order valence-corrected chi connectivity index (χ2v) is 5.17. The molecule has 1 nitrogen and oxygen atoms in total. The fraction of sp³-hybridized carbons (Fsp3) is 0.500. The molecule has 0 aliphatic heterocycles. The van der Waals surface area contributed by atoms with E-state index in [9.17, 15) is 4.39 Å². The van der Waals surface area contributed by atoms with Crippen molar-refractivity contribution in [2.75, 3.05) is 0 Å². The fourth-order valence-corrected chi connectivity index (χ4v) is 2.36. The molecule has 1 unspecified atom stereocenters. The van der Waals surface area contributed by atoms with Crippen molar-refractivity contribution < 1.29 is 4.39 Å². The van der Waals surface area contributed by atoms with Crippen LogP contribution in [-0.2, 0) is 0 Å². The number of hydrogen-bond donors (Lipinski definition) is 1. The predicted molar refractivity (Wildman–Crippen MR) is 63.0 cm³/mol. The lowest BCUT2D eigenvalue weighted by Crippen LogP contribution is -2.20. The molecule has 15 heavy (non-hydrogen) atoms. The standard InChI is InChI=1S/C12H15BrFN/c13-10-7-9(4-5-11(10)14)12(15)6-8-2-1-3-8/h4-5,7-8,12H,1-3,6,15H2. The minimum Gasteiger partial charge on any atom is -0.324 e. The van der Waals surface area contributed by atoms with E-state index in [0.717, 1.165) is 17.9 Å². The van der Waals surface area contributed by atoms with Crippen molar-refractivity contribution in [1.82, 2.24) is 0 Å². The zero-order valence-corrected chi connectivity index (χ0v) is 10.1. The van der Waals surface area contributed by atoms with Crippen molar-refractivity contribution >= 4 is 15.9 Å². The SMILES string of the molecule is NC(CC1CCC1)c1ccc(F)c(Br)c1. The predicted octanol–water partition coefficient (Wildman–Crippen LogP) is 3.78. The van der Waals surface area contributed by atoms with E-state index in [0.29, 0.717) is 4.47 Å². The van der Waals surface area contributed by atoms with Gasteiger partial charge in [0.25, 0.3) is 0 Å². The molecule has 0 bridgehead atoms. The van der Waals surface area contributed by atoms with Crippen molar-refractivity contribution in [3.8, 4) is 0 Å². The Bertz CT molecular complexity index is 349. The van der Waals surface area contributed by atoms with Crippen LogP contribution in [0, 0.1) is 11.7 Å². The largest absolute Gasteiger partial charge is 0.324 e. The minimum atomic E-state index is -0.227. The van der Waals surface area contributed by atoms with E-state index in [2.05, 4.69) is 15.9 Å². The smallest absolute Gasteiger partial charge is 0.137 e. The molecule has 2 N–H and O–H groups in total. The van der Waals surface area contributed by atoms with Crippen LogP contribution in [0.1, 0.15) is 37.3 Å². The monoisotopic (exact) mass is 271 g/mol. The highest BCUT2D eigenvalue weighted by molar-refractivity contribution is 9.10. The number of rotatable bonds is 3. The summed E-state index contributed by atoms with van der Waals surface area (Å²) < 4.78 is 13.5. The van der Waals surface area contributed by atoms with E-state index in [-0.39, 0.29) is 11.9 Å². The Kier molecular flexibility index (Phi) is 3.42. The zero-order chi connectivity index (χ0) is 10.8. The summed E-state index contributed by atoms with van der Waals surface area (Å²) in [5, 5.41) is 0. The molecule has 1 aromatic rings. The Morgan fingerprint density at radius 1 is 1.47 bits per heavy atom. The Morgan fingerprint density at radius 2 is 2.20 bits per heavy atom. The van der Waals surface area contributed by atoms with Gasteiger partial charge in [-0.1, -0.05) is 25.3 Å². The Hall–Kier alpha value is -0.410. The highest BCUT2D eigenvalue weighted by Crippen LogP contribution is 2.34. The summed E-state index contributed by atoms with van der Waals surface area (Å²) >= 11 is 3.18. The molecule has 1 aliphatic carbocycles. The van der Waals surface area contributed by atoms with Gasteiger partial charge >= 0.3 is 0 Å². The van der Waals surface area contributed by atoms with Gasteiger partial charge < -0.3 is 5.73 Å². The lowest BCUT2D eigenvalue weighted by atomic mass is 9.80. The summed E-state index contributed by atoms with van der Waals surface area (Å²) in [7, 11) is 0. The number of nitrogens with two attached hydrogens (primary N) is 1. The van der Waals surface area contributed by atoms with E-state index in [1.54, 1.807) is 12.1 Å². The van der Waals surface area contributed by atoms with E-state index >= 15 is 0 Å². The van der Waals surface area contributed by atoms with Gasteiger partial charge in [0.2, 0.25) is 0 Å². The molecule has 3 heteroatoms. The van der Waals surface area contributed by atoms with Crippen LogP contribution in [0.3, 0.4) is 0 Å². The van der Waals surface area contributed by atoms with Crippen LogP contribution in [0.4, 0.5) is 4.39 Å². The van der Waals surface area contributed by atoms with Crippen LogP contribution in [0.2, 0.25) is 0 Å². The Balaban J connectivity index is 2.03. The van der Waals surface area contributed by atoms with Gasteiger partial charge in [-0.05, 0) is 46.0 Å². The summed E-state index contributed by atoms with van der Waals surface area (Å²) in [6.45, 7) is 0. The molecule has 0 aromatic heterocycles. The minimum absolute atomic E-state index is 0.0483. The molecule has 0 radical (unpaired) electrons. The quantitative estimate of drug-likeness (QED) is 0.890. The Labute approximate surface area is 98.0 Å². The van der Waals surface area contributed by atoms with Gasteiger partial charge in [0, 0.05) is 6.04 Å². The van der Waals surface area contributed by atoms with Gasteiger partial charge in [-0.15, -0.1) is 0 Å². The first-order valence-electron chi connectivity index (χ1n) is 5.37. The van der Waals surface area contributed by atoms with E-state index < -0.39 is 0 Å². The second-order valence-electron chi connectivity index (χ2n) is 4.31. The van der Waals surface area contributed by atoms with Gasteiger partial charge in [-0.3, -0.25) is 0 Å². The molecule has 2 rings (SSSR count). The summed E-state index contributed by atoms with van der Waals surface area (Å²) in [6.07, 6.45) is 4.97. The zero-order valence-electron chi connectivity index (χ0n) is 8.55. The van der Waals surface area contributed by atoms with Crippen LogP contribution >= 0.6 is 15.9 Å². The average molecular weight is 272 g/mol. The first-order valence-corrected chi connectivity index (χ1v) is 6.16. The third-order valence-electron chi connectivity index (χ3n) is 3.18. The average Bonchev–Trinajstić information content (AvgIpc) is 2.15. The van der Waals surface area contributed by atoms with Gasteiger partial charge in [0.1, 0.15) is 5.82 Å². The third-order valence-corrected chi connectivity index (χ3v) is 3.79. The first-order chi connectivity index (χ1) is 7.16. The third kappa shape index (κ3) is 2.58.